The van der Waals surface area contributed by atoms with Gasteiger partial charge in [-0.1, -0.05) is 75.7 Å². The number of hydrogen-bond donors (Lipinski definition) is 2. The molecule has 1 aromatic heterocycles. The lowest BCUT2D eigenvalue weighted by Gasteiger charge is -2.39. The third-order valence-electron chi connectivity index (χ3n) is 6.79. The number of amides is 1. The number of piperidine rings is 1. The van der Waals surface area contributed by atoms with Gasteiger partial charge in [0.2, 0.25) is 0 Å². The summed E-state index contributed by atoms with van der Waals surface area (Å²) in [6, 6.07) is 21.3. The molecule has 2 N–H and O–H groups in total. The van der Waals surface area contributed by atoms with Gasteiger partial charge in [-0.05, 0) is 43.2 Å². The fourth-order valence-corrected chi connectivity index (χ4v) is 4.96. The molecule has 5 rings (SSSR count). The molecule has 0 bridgehead atoms. The van der Waals surface area contributed by atoms with Gasteiger partial charge in [0.05, 0.1) is 18.3 Å². The lowest BCUT2D eigenvalue weighted by Crippen LogP contribution is -2.45. The van der Waals surface area contributed by atoms with Gasteiger partial charge in [-0.25, -0.2) is 0 Å². The van der Waals surface area contributed by atoms with Crippen LogP contribution in [-0.4, -0.2) is 54.8 Å². The molecule has 0 radical (unpaired) electrons. The Hall–Kier alpha value is -3.95. The van der Waals surface area contributed by atoms with Crippen LogP contribution in [0.5, 0.6) is 11.5 Å². The Bertz CT molecular complexity index is 1460. The first-order valence-electron chi connectivity index (χ1n) is 14.7. The first kappa shape index (κ1) is 36.2. The molecule has 0 aliphatic carbocycles. The van der Waals surface area contributed by atoms with E-state index in [9.17, 15) is 18.7 Å². The van der Waals surface area contributed by atoms with Crippen LogP contribution in [0.25, 0.3) is 10.9 Å². The number of nitrogens with zero attached hydrogens (tertiary/aromatic N) is 2. The number of aromatic nitrogens is 1. The van der Waals surface area contributed by atoms with Crippen molar-refractivity contribution < 1.29 is 28.2 Å². The standard InChI is InChI=1S/C20H21ClF2N2O3.C10H9NO.2C2H6/c1-24-13-6-7-14(17(12-13)28-19(22)23)18(26)25-10-8-20(27,9-11-25)15-4-2-3-5-16(15)21;1-12-9-6-2-4-8-5-3-7-11-10(8)9;2*1-2/h2-7,12,19,24,27H,8-11H2,1H3;2-7H,1H3;2*1-2H3. The summed E-state index contributed by atoms with van der Waals surface area (Å²) >= 11 is 6.21. The molecule has 2 heterocycles. The highest BCUT2D eigenvalue weighted by Crippen LogP contribution is 2.37. The van der Waals surface area contributed by atoms with Crippen LogP contribution in [0.15, 0.2) is 79.0 Å². The van der Waals surface area contributed by atoms with Crippen LogP contribution in [0.4, 0.5) is 14.5 Å². The summed E-state index contributed by atoms with van der Waals surface area (Å²) < 4.78 is 35.2. The third kappa shape index (κ3) is 9.27. The number of benzene rings is 3. The van der Waals surface area contributed by atoms with Crippen molar-refractivity contribution in [3.8, 4) is 11.5 Å². The zero-order valence-electron chi connectivity index (χ0n) is 26.1. The number of halogens is 3. The maximum absolute atomic E-state index is 12.9. The zero-order chi connectivity index (χ0) is 32.7. The molecule has 0 spiro atoms. The lowest BCUT2D eigenvalue weighted by atomic mass is 9.84. The van der Waals surface area contributed by atoms with E-state index in [4.69, 9.17) is 16.3 Å². The largest absolute Gasteiger partial charge is 0.494 e. The summed E-state index contributed by atoms with van der Waals surface area (Å²) in [6.45, 7) is 5.50. The Morgan fingerprint density at radius 1 is 0.977 bits per heavy atom. The van der Waals surface area contributed by atoms with Gasteiger partial charge in [0, 0.05) is 54.1 Å². The highest BCUT2D eigenvalue weighted by molar-refractivity contribution is 6.31. The van der Waals surface area contributed by atoms with Crippen molar-refractivity contribution in [2.45, 2.75) is 52.7 Å². The molecule has 1 fully saturated rings. The predicted octanol–water partition coefficient (Wildman–Crippen LogP) is 8.40. The van der Waals surface area contributed by atoms with Crippen molar-refractivity contribution in [2.24, 2.45) is 0 Å². The number of fused-ring (bicyclic) bond motifs is 1. The first-order chi connectivity index (χ1) is 21.3. The Kier molecular flexibility index (Phi) is 14.8. The van der Waals surface area contributed by atoms with Gasteiger partial charge >= 0.3 is 6.61 Å². The number of rotatable bonds is 6. The monoisotopic (exact) mass is 629 g/mol. The van der Waals surface area contributed by atoms with Crippen molar-refractivity contribution in [1.82, 2.24) is 9.88 Å². The number of methoxy groups -OCH3 is 1. The number of aliphatic hydroxyl groups is 1. The molecule has 7 nitrogen and oxygen atoms in total. The molecular formula is C34H42ClF2N3O4. The van der Waals surface area contributed by atoms with E-state index >= 15 is 0 Å². The van der Waals surface area contributed by atoms with Gasteiger partial charge < -0.3 is 24.8 Å². The molecule has 1 amide bonds. The molecular weight excluding hydrogens is 588 g/mol. The van der Waals surface area contributed by atoms with Crippen LogP contribution in [0.3, 0.4) is 0 Å². The topological polar surface area (TPSA) is 83.9 Å². The summed E-state index contributed by atoms with van der Waals surface area (Å²) in [5.74, 6) is 0.228. The van der Waals surface area contributed by atoms with Gasteiger partial charge in [0.1, 0.15) is 17.0 Å². The molecule has 0 unspecified atom stereocenters. The minimum atomic E-state index is -3.04. The molecule has 44 heavy (non-hydrogen) atoms. The van der Waals surface area contributed by atoms with E-state index in [0.717, 1.165) is 16.7 Å². The molecule has 10 heteroatoms. The van der Waals surface area contributed by atoms with Gasteiger partial charge in [0.25, 0.3) is 5.91 Å². The second kappa shape index (κ2) is 18.0. The van der Waals surface area contributed by atoms with E-state index in [-0.39, 0.29) is 24.4 Å². The Morgan fingerprint density at radius 2 is 1.64 bits per heavy atom. The number of alkyl halides is 2. The SMILES string of the molecule is CC.CC.CNc1ccc(C(=O)N2CCC(O)(c3ccccc3Cl)CC2)c(OC(F)F)c1.COc1cccc2cccnc12. The number of carbonyl (C=O) groups excluding carboxylic acids is 1. The minimum Gasteiger partial charge on any atom is -0.494 e. The van der Waals surface area contributed by atoms with Crippen molar-refractivity contribution in [1.29, 1.82) is 0 Å². The molecule has 0 atom stereocenters. The fourth-order valence-electron chi connectivity index (χ4n) is 4.65. The van der Waals surface area contributed by atoms with E-state index in [1.54, 1.807) is 50.7 Å². The average molecular weight is 630 g/mol. The lowest BCUT2D eigenvalue weighted by molar-refractivity contribution is -0.0504. The summed E-state index contributed by atoms with van der Waals surface area (Å²) in [5, 5.41) is 15.4. The van der Waals surface area contributed by atoms with Crippen molar-refractivity contribution >= 4 is 34.1 Å². The van der Waals surface area contributed by atoms with Crippen LogP contribution < -0.4 is 14.8 Å². The summed E-state index contributed by atoms with van der Waals surface area (Å²) in [4.78, 5) is 18.6. The number of carbonyl (C=O) groups is 1. The fraction of sp³-hybridized carbons (Fsp3) is 0.353. The number of hydrogen-bond acceptors (Lipinski definition) is 6. The number of para-hydroxylation sites is 1. The second-order valence-corrected chi connectivity index (χ2v) is 9.59. The average Bonchev–Trinajstić information content (AvgIpc) is 3.06. The summed E-state index contributed by atoms with van der Waals surface area (Å²) in [7, 11) is 3.30. The summed E-state index contributed by atoms with van der Waals surface area (Å²) in [6.07, 6.45) is 2.36. The first-order valence-corrected chi connectivity index (χ1v) is 15.0. The summed E-state index contributed by atoms with van der Waals surface area (Å²) in [5.41, 5.74) is 1.03. The van der Waals surface area contributed by atoms with Crippen LogP contribution >= 0.6 is 11.6 Å². The van der Waals surface area contributed by atoms with E-state index < -0.39 is 18.1 Å². The number of nitrogens with one attached hydrogen (secondary N) is 1. The Balaban J connectivity index is 0.000000349. The van der Waals surface area contributed by atoms with E-state index in [1.165, 1.54) is 17.0 Å². The number of anilines is 1. The molecule has 0 saturated carbocycles. The molecule has 1 saturated heterocycles. The maximum Gasteiger partial charge on any atom is 0.387 e. The van der Waals surface area contributed by atoms with E-state index in [1.807, 2.05) is 58.0 Å². The van der Waals surface area contributed by atoms with Crippen LogP contribution in [0.2, 0.25) is 5.02 Å². The predicted molar refractivity (Wildman–Crippen MR) is 174 cm³/mol. The zero-order valence-corrected chi connectivity index (χ0v) is 26.9. The number of likely N-dealkylation sites (tertiary alicyclic amines) is 1. The number of pyridine rings is 1. The highest BCUT2D eigenvalue weighted by Gasteiger charge is 2.37. The van der Waals surface area contributed by atoms with Gasteiger partial charge in [-0.15, -0.1) is 0 Å². The molecule has 1 aliphatic rings. The van der Waals surface area contributed by atoms with E-state index in [2.05, 4.69) is 15.0 Å². The molecule has 1 aliphatic heterocycles. The third-order valence-corrected chi connectivity index (χ3v) is 7.11. The maximum atomic E-state index is 12.9. The van der Waals surface area contributed by atoms with Gasteiger partial charge in [-0.2, -0.15) is 8.78 Å². The van der Waals surface area contributed by atoms with E-state index in [0.29, 0.717) is 29.1 Å². The van der Waals surface area contributed by atoms with Crippen molar-refractivity contribution in [3.63, 3.8) is 0 Å². The normalized spacial score (nSPS) is 13.3. The molecule has 238 valence electrons. The number of ether oxygens (including phenoxy) is 2. The highest BCUT2D eigenvalue weighted by atomic mass is 35.5. The molecule has 4 aromatic rings. The van der Waals surface area contributed by atoms with Gasteiger partial charge in [0.15, 0.2) is 0 Å². The smallest absolute Gasteiger partial charge is 0.387 e. The minimum absolute atomic E-state index is 0.0579. The Labute approximate surface area is 263 Å². The van der Waals surface area contributed by atoms with Crippen molar-refractivity contribution in [3.05, 3.63) is 95.1 Å². The quantitative estimate of drug-likeness (QED) is 0.223. The van der Waals surface area contributed by atoms with Gasteiger partial charge in [-0.3, -0.25) is 9.78 Å². The van der Waals surface area contributed by atoms with Crippen LogP contribution in [0, 0.1) is 0 Å². The molecule has 3 aromatic carbocycles. The van der Waals surface area contributed by atoms with Crippen LogP contribution in [0.1, 0.15) is 56.5 Å². The Morgan fingerprint density at radius 3 is 2.25 bits per heavy atom. The second-order valence-electron chi connectivity index (χ2n) is 9.18. The van der Waals surface area contributed by atoms with Crippen LogP contribution in [-0.2, 0) is 5.60 Å². The van der Waals surface area contributed by atoms with Crippen molar-refractivity contribution in [2.75, 3.05) is 32.6 Å².